The van der Waals surface area contributed by atoms with Crippen molar-refractivity contribution in [1.82, 2.24) is 20.2 Å². The molecule has 2 heterocycles. The monoisotopic (exact) mass is 648 g/mol. The number of carbonyl (C=O) groups is 2. The van der Waals surface area contributed by atoms with Gasteiger partial charge < -0.3 is 19.9 Å². The van der Waals surface area contributed by atoms with Crippen LogP contribution in [0, 0.1) is 9.49 Å². The van der Waals surface area contributed by atoms with Gasteiger partial charge >= 0.3 is 6.09 Å². The number of ether oxygens (including phenoxy) is 1. The fourth-order valence-corrected chi connectivity index (χ4v) is 5.88. The first-order valence-electron chi connectivity index (χ1n) is 13.5. The molecule has 1 aliphatic rings. The normalized spacial score (nSPS) is 15.7. The van der Waals surface area contributed by atoms with Crippen LogP contribution in [0.3, 0.4) is 0 Å². The van der Waals surface area contributed by atoms with Crippen molar-refractivity contribution in [2.75, 3.05) is 13.7 Å². The Morgan fingerprint density at radius 3 is 2.38 bits per heavy atom. The van der Waals surface area contributed by atoms with E-state index < -0.39 is 12.1 Å². The molecule has 1 aliphatic heterocycles. The van der Waals surface area contributed by atoms with Crippen LogP contribution in [0.1, 0.15) is 38.6 Å². The van der Waals surface area contributed by atoms with Crippen LogP contribution in [0.25, 0.3) is 33.5 Å². The van der Waals surface area contributed by atoms with Crippen molar-refractivity contribution >= 4 is 34.6 Å². The Bertz CT molecular complexity index is 1480. The largest absolute Gasteiger partial charge is 0.453 e. The molecular formula is C32H33IN4O3. The van der Waals surface area contributed by atoms with Crippen molar-refractivity contribution in [2.45, 2.75) is 38.8 Å². The van der Waals surface area contributed by atoms with Gasteiger partial charge in [0.2, 0.25) is 5.91 Å². The number of hydrogen-bond donors (Lipinski definition) is 2. The molecule has 2 atom stereocenters. The van der Waals surface area contributed by atoms with Gasteiger partial charge in [-0.1, -0.05) is 74.5 Å². The van der Waals surface area contributed by atoms with Crippen LogP contribution in [-0.2, 0) is 9.53 Å². The van der Waals surface area contributed by atoms with Gasteiger partial charge in [0.15, 0.2) is 0 Å². The molecule has 0 aliphatic carbocycles. The van der Waals surface area contributed by atoms with Crippen LogP contribution >= 0.6 is 22.6 Å². The molecular weight excluding hydrogens is 615 g/mol. The number of methoxy groups -OCH3 is 1. The molecule has 7 nitrogen and oxygen atoms in total. The molecule has 40 heavy (non-hydrogen) atoms. The molecule has 0 spiro atoms. The third kappa shape index (κ3) is 5.91. The van der Waals surface area contributed by atoms with Crippen molar-refractivity contribution < 1.29 is 14.3 Å². The van der Waals surface area contributed by atoms with Crippen molar-refractivity contribution in [2.24, 2.45) is 5.92 Å². The summed E-state index contributed by atoms with van der Waals surface area (Å²) in [4.78, 5) is 35.3. The smallest absolute Gasteiger partial charge is 0.407 e. The number of halogens is 1. The second-order valence-electron chi connectivity index (χ2n) is 10.4. The number of imidazole rings is 1. The number of hydrogen-bond acceptors (Lipinski definition) is 4. The Labute approximate surface area is 248 Å². The van der Waals surface area contributed by atoms with Gasteiger partial charge in [0, 0.05) is 15.7 Å². The maximum Gasteiger partial charge on any atom is 0.407 e. The van der Waals surface area contributed by atoms with E-state index in [2.05, 4.69) is 99.6 Å². The summed E-state index contributed by atoms with van der Waals surface area (Å²) in [5.74, 6) is 0.567. The third-order valence-electron chi connectivity index (χ3n) is 7.42. The summed E-state index contributed by atoms with van der Waals surface area (Å²) in [6.45, 7) is 4.45. The van der Waals surface area contributed by atoms with E-state index in [9.17, 15) is 9.59 Å². The number of aromatic nitrogens is 2. The average molecular weight is 649 g/mol. The van der Waals surface area contributed by atoms with Crippen molar-refractivity contribution in [3.8, 4) is 33.5 Å². The lowest BCUT2D eigenvalue weighted by Gasteiger charge is -2.30. The van der Waals surface area contributed by atoms with E-state index >= 15 is 0 Å². The van der Waals surface area contributed by atoms with Crippen LogP contribution in [0.5, 0.6) is 0 Å². The van der Waals surface area contributed by atoms with Gasteiger partial charge in [-0.3, -0.25) is 4.79 Å². The number of rotatable bonds is 7. The first kappa shape index (κ1) is 27.9. The Morgan fingerprint density at radius 2 is 1.68 bits per heavy atom. The number of amides is 2. The summed E-state index contributed by atoms with van der Waals surface area (Å²) in [5.41, 5.74) is 6.62. The van der Waals surface area contributed by atoms with Crippen LogP contribution in [0.15, 0.2) is 79.0 Å². The van der Waals surface area contributed by atoms with Crippen LogP contribution < -0.4 is 5.32 Å². The minimum absolute atomic E-state index is 0.0769. The molecule has 0 saturated carbocycles. The zero-order valence-electron chi connectivity index (χ0n) is 22.9. The number of likely N-dealkylation sites (tertiary alicyclic amines) is 1. The van der Waals surface area contributed by atoms with Gasteiger partial charge in [-0.05, 0) is 75.7 Å². The highest BCUT2D eigenvalue weighted by molar-refractivity contribution is 14.1. The standard InChI is InChI=1S/C32H33IN4O3/c1-20(2)29(36-32(39)40-3)31(38)37-17-7-10-28(37)30-34-19-27(35-30)24-15-16-26(33)25(18-24)23-13-11-22(12-14-23)21-8-5-4-6-9-21/h4-6,8-9,11-16,18-20,28-29H,7,10,17H2,1-3H3,(H,34,35)(H,36,39)/t28-,29-/m0/s1. The highest BCUT2D eigenvalue weighted by Gasteiger charge is 2.37. The number of nitrogens with zero attached hydrogens (tertiary/aromatic N) is 2. The number of aromatic amines is 1. The molecule has 3 aromatic carbocycles. The van der Waals surface area contributed by atoms with E-state index in [0.717, 1.165) is 41.1 Å². The van der Waals surface area contributed by atoms with Crippen LogP contribution in [-0.4, -0.2) is 46.6 Å². The average Bonchev–Trinajstić information content (AvgIpc) is 3.66. The molecule has 0 bridgehead atoms. The zero-order chi connectivity index (χ0) is 28.2. The SMILES string of the molecule is COC(=O)N[C@H](C(=O)N1CCC[C@H]1c1ncc(-c2ccc(I)c(-c3ccc(-c4ccccc4)cc3)c2)[nH]1)C(C)C. The number of alkyl carbamates (subject to hydrolysis) is 1. The minimum atomic E-state index is -0.658. The molecule has 1 saturated heterocycles. The van der Waals surface area contributed by atoms with E-state index in [0.29, 0.717) is 6.54 Å². The Hall–Kier alpha value is -3.66. The lowest BCUT2D eigenvalue weighted by molar-refractivity contribution is -0.135. The summed E-state index contributed by atoms with van der Waals surface area (Å²) >= 11 is 2.38. The van der Waals surface area contributed by atoms with Crippen LogP contribution in [0.2, 0.25) is 0 Å². The maximum absolute atomic E-state index is 13.5. The van der Waals surface area contributed by atoms with Crippen molar-refractivity contribution in [1.29, 1.82) is 0 Å². The summed E-state index contributed by atoms with van der Waals surface area (Å²) in [6.07, 6.45) is 2.93. The molecule has 0 radical (unpaired) electrons. The molecule has 8 heteroatoms. The van der Waals surface area contributed by atoms with Crippen molar-refractivity contribution in [3.05, 3.63) is 88.4 Å². The number of H-pyrrole nitrogens is 1. The number of benzene rings is 3. The van der Waals surface area contributed by atoms with Gasteiger partial charge in [-0.2, -0.15) is 0 Å². The fraction of sp³-hybridized carbons (Fsp3) is 0.281. The predicted molar refractivity (Wildman–Crippen MR) is 165 cm³/mol. The third-order valence-corrected chi connectivity index (χ3v) is 8.36. The lowest BCUT2D eigenvalue weighted by Crippen LogP contribution is -2.51. The fourth-order valence-electron chi connectivity index (χ4n) is 5.23. The molecule has 2 amide bonds. The van der Waals surface area contributed by atoms with Gasteiger partial charge in [-0.25, -0.2) is 9.78 Å². The zero-order valence-corrected chi connectivity index (χ0v) is 25.0. The molecule has 1 fully saturated rings. The Kier molecular flexibility index (Phi) is 8.54. The maximum atomic E-state index is 13.5. The van der Waals surface area contributed by atoms with E-state index in [1.54, 1.807) is 0 Å². The molecule has 2 N–H and O–H groups in total. The summed E-state index contributed by atoms with van der Waals surface area (Å²) in [6, 6.07) is 24.6. The summed E-state index contributed by atoms with van der Waals surface area (Å²) < 4.78 is 5.91. The first-order valence-corrected chi connectivity index (χ1v) is 14.6. The van der Waals surface area contributed by atoms with Gasteiger partial charge in [0.25, 0.3) is 0 Å². The number of carbonyl (C=O) groups excluding carboxylic acids is 2. The van der Waals surface area contributed by atoms with Gasteiger partial charge in [0.05, 0.1) is 25.0 Å². The quantitative estimate of drug-likeness (QED) is 0.210. The second-order valence-corrected chi connectivity index (χ2v) is 11.5. The summed E-state index contributed by atoms with van der Waals surface area (Å²) in [7, 11) is 1.30. The highest BCUT2D eigenvalue weighted by atomic mass is 127. The van der Waals surface area contributed by atoms with Gasteiger partial charge in [0.1, 0.15) is 11.9 Å². The van der Waals surface area contributed by atoms with Crippen LogP contribution in [0.4, 0.5) is 4.79 Å². The number of nitrogens with one attached hydrogen (secondary N) is 2. The van der Waals surface area contributed by atoms with E-state index in [-0.39, 0.29) is 17.9 Å². The minimum Gasteiger partial charge on any atom is -0.453 e. The molecule has 0 unspecified atom stereocenters. The topological polar surface area (TPSA) is 87.3 Å². The Balaban J connectivity index is 1.37. The summed E-state index contributed by atoms with van der Waals surface area (Å²) in [5, 5.41) is 2.70. The molecule has 4 aromatic rings. The highest BCUT2D eigenvalue weighted by Crippen LogP contribution is 2.35. The van der Waals surface area contributed by atoms with Gasteiger partial charge in [-0.15, -0.1) is 0 Å². The second kappa shape index (κ2) is 12.2. The molecule has 1 aromatic heterocycles. The predicted octanol–water partition coefficient (Wildman–Crippen LogP) is 7.06. The van der Waals surface area contributed by atoms with E-state index in [1.807, 2.05) is 31.0 Å². The van der Waals surface area contributed by atoms with E-state index in [4.69, 9.17) is 9.72 Å². The molecule has 5 rings (SSSR count). The van der Waals surface area contributed by atoms with E-state index in [1.165, 1.54) is 21.8 Å². The Morgan fingerprint density at radius 1 is 1.00 bits per heavy atom. The molecule has 206 valence electrons. The van der Waals surface area contributed by atoms with Crippen molar-refractivity contribution in [3.63, 3.8) is 0 Å². The lowest BCUT2D eigenvalue weighted by atomic mass is 9.98. The first-order chi connectivity index (χ1) is 19.4.